The maximum Gasteiger partial charge on any atom is 0.251 e. The highest BCUT2D eigenvalue weighted by Gasteiger charge is 2.24. The summed E-state index contributed by atoms with van der Waals surface area (Å²) >= 11 is 0. The number of nitrogens with zero attached hydrogens (tertiary/aromatic N) is 1. The summed E-state index contributed by atoms with van der Waals surface area (Å²) in [6.45, 7) is 10.6. The standard InChI is InChI=1S/C23H32N2O3S/c1-6-18-12-14-19(15-13-18)22(17(4)5)24-23(26)20-10-9-11-21(16-20)29(27,28)25(7-2)8-3/h9-17,22H,6-8H2,1-5H3,(H,24,26). The lowest BCUT2D eigenvalue weighted by atomic mass is 9.94. The number of benzene rings is 2. The van der Waals surface area contributed by atoms with Crippen LogP contribution in [0.15, 0.2) is 53.4 Å². The third kappa shape index (κ3) is 5.46. The van der Waals surface area contributed by atoms with Crippen molar-refractivity contribution in [3.63, 3.8) is 0 Å². The van der Waals surface area contributed by atoms with E-state index in [9.17, 15) is 13.2 Å². The highest BCUT2D eigenvalue weighted by molar-refractivity contribution is 7.89. The van der Waals surface area contributed by atoms with E-state index >= 15 is 0 Å². The molecule has 1 atom stereocenters. The summed E-state index contributed by atoms with van der Waals surface area (Å²) in [6, 6.07) is 14.4. The lowest BCUT2D eigenvalue weighted by Gasteiger charge is -2.23. The number of hydrogen-bond donors (Lipinski definition) is 1. The minimum absolute atomic E-state index is 0.141. The van der Waals surface area contributed by atoms with E-state index < -0.39 is 10.0 Å². The molecule has 0 spiro atoms. The van der Waals surface area contributed by atoms with Gasteiger partial charge in [0, 0.05) is 18.7 Å². The first-order valence-electron chi connectivity index (χ1n) is 10.2. The van der Waals surface area contributed by atoms with Gasteiger partial charge in [-0.05, 0) is 41.7 Å². The Morgan fingerprint density at radius 3 is 2.14 bits per heavy atom. The van der Waals surface area contributed by atoms with Crippen LogP contribution in [-0.2, 0) is 16.4 Å². The molecule has 0 aliphatic carbocycles. The van der Waals surface area contributed by atoms with Crippen LogP contribution in [0.2, 0.25) is 0 Å². The SMILES string of the molecule is CCc1ccc(C(NC(=O)c2cccc(S(=O)(=O)N(CC)CC)c2)C(C)C)cc1. The van der Waals surface area contributed by atoms with E-state index in [1.807, 2.05) is 12.1 Å². The molecule has 0 saturated carbocycles. The highest BCUT2D eigenvalue weighted by Crippen LogP contribution is 2.24. The second-order valence-corrected chi connectivity index (χ2v) is 9.35. The molecule has 158 valence electrons. The van der Waals surface area contributed by atoms with Crippen LogP contribution in [0, 0.1) is 5.92 Å². The van der Waals surface area contributed by atoms with Crippen LogP contribution in [0.3, 0.4) is 0 Å². The summed E-state index contributed by atoms with van der Waals surface area (Å²) in [6.07, 6.45) is 0.965. The van der Waals surface area contributed by atoms with Gasteiger partial charge >= 0.3 is 0 Å². The Kier molecular flexibility index (Phi) is 7.99. The van der Waals surface area contributed by atoms with Crippen LogP contribution in [-0.4, -0.2) is 31.7 Å². The van der Waals surface area contributed by atoms with Crippen LogP contribution >= 0.6 is 0 Å². The van der Waals surface area contributed by atoms with Gasteiger partial charge in [0.05, 0.1) is 10.9 Å². The monoisotopic (exact) mass is 416 g/mol. The number of carbonyl (C=O) groups is 1. The normalized spacial score (nSPS) is 12.9. The smallest absolute Gasteiger partial charge is 0.251 e. The van der Waals surface area contributed by atoms with Gasteiger partial charge in [-0.1, -0.05) is 65.0 Å². The topological polar surface area (TPSA) is 66.5 Å². The number of carbonyl (C=O) groups excluding carboxylic acids is 1. The van der Waals surface area contributed by atoms with Crippen molar-refractivity contribution in [2.24, 2.45) is 5.92 Å². The molecule has 1 N–H and O–H groups in total. The third-order valence-electron chi connectivity index (χ3n) is 5.14. The van der Waals surface area contributed by atoms with E-state index in [4.69, 9.17) is 0 Å². The lowest BCUT2D eigenvalue weighted by Crippen LogP contribution is -2.33. The van der Waals surface area contributed by atoms with Gasteiger partial charge < -0.3 is 5.32 Å². The van der Waals surface area contributed by atoms with Crippen LogP contribution in [0.1, 0.15) is 62.1 Å². The Morgan fingerprint density at radius 1 is 1.00 bits per heavy atom. The molecule has 2 rings (SSSR count). The number of nitrogens with one attached hydrogen (secondary N) is 1. The van der Waals surface area contributed by atoms with E-state index in [0.717, 1.165) is 12.0 Å². The Bertz CT molecular complexity index is 917. The Hall–Kier alpha value is -2.18. The van der Waals surface area contributed by atoms with Gasteiger partial charge in [0.25, 0.3) is 5.91 Å². The molecular weight excluding hydrogens is 384 g/mol. The zero-order valence-corrected chi connectivity index (χ0v) is 18.8. The van der Waals surface area contributed by atoms with Gasteiger partial charge in [-0.3, -0.25) is 4.79 Å². The van der Waals surface area contributed by atoms with Gasteiger partial charge in [0.2, 0.25) is 10.0 Å². The van der Waals surface area contributed by atoms with Gasteiger partial charge in [0.15, 0.2) is 0 Å². The van der Waals surface area contributed by atoms with Gasteiger partial charge in [-0.25, -0.2) is 8.42 Å². The molecule has 1 unspecified atom stereocenters. The maximum absolute atomic E-state index is 12.9. The molecule has 0 aromatic heterocycles. The summed E-state index contributed by atoms with van der Waals surface area (Å²) in [4.78, 5) is 13.1. The number of hydrogen-bond acceptors (Lipinski definition) is 3. The van der Waals surface area contributed by atoms with Crippen LogP contribution in [0.25, 0.3) is 0 Å². The fourth-order valence-corrected chi connectivity index (χ4v) is 4.83. The van der Waals surface area contributed by atoms with Gasteiger partial charge in [-0.2, -0.15) is 4.31 Å². The number of amides is 1. The van der Waals surface area contributed by atoms with Gasteiger partial charge in [0.1, 0.15) is 0 Å². The molecule has 5 nitrogen and oxygen atoms in total. The predicted molar refractivity (Wildman–Crippen MR) is 117 cm³/mol. The summed E-state index contributed by atoms with van der Waals surface area (Å²) in [5.41, 5.74) is 2.63. The zero-order chi connectivity index (χ0) is 21.6. The fraction of sp³-hybridized carbons (Fsp3) is 0.435. The average molecular weight is 417 g/mol. The van der Waals surface area contributed by atoms with E-state index in [-0.39, 0.29) is 22.8 Å². The van der Waals surface area contributed by atoms with Crippen molar-refractivity contribution < 1.29 is 13.2 Å². The maximum atomic E-state index is 12.9. The summed E-state index contributed by atoms with van der Waals surface area (Å²) in [5, 5.41) is 3.08. The molecule has 0 aliphatic rings. The van der Waals surface area contributed by atoms with Crippen molar-refractivity contribution in [2.45, 2.75) is 52.0 Å². The summed E-state index contributed by atoms with van der Waals surface area (Å²) in [7, 11) is -3.61. The number of sulfonamides is 1. The number of rotatable bonds is 9. The quantitative estimate of drug-likeness (QED) is 0.659. The minimum Gasteiger partial charge on any atom is -0.345 e. The average Bonchev–Trinajstić information content (AvgIpc) is 2.72. The van der Waals surface area contributed by atoms with Crippen molar-refractivity contribution in [3.8, 4) is 0 Å². The van der Waals surface area contributed by atoms with Crippen molar-refractivity contribution in [1.82, 2.24) is 9.62 Å². The second kappa shape index (κ2) is 10.0. The molecule has 0 heterocycles. The van der Waals surface area contributed by atoms with Crippen molar-refractivity contribution in [1.29, 1.82) is 0 Å². The Morgan fingerprint density at radius 2 is 1.62 bits per heavy atom. The highest BCUT2D eigenvalue weighted by atomic mass is 32.2. The van der Waals surface area contributed by atoms with Crippen LogP contribution < -0.4 is 5.32 Å². The van der Waals surface area contributed by atoms with Crippen molar-refractivity contribution in [2.75, 3.05) is 13.1 Å². The van der Waals surface area contributed by atoms with Crippen molar-refractivity contribution in [3.05, 3.63) is 65.2 Å². The summed E-state index contributed by atoms with van der Waals surface area (Å²) in [5.74, 6) is -0.0890. The third-order valence-corrected chi connectivity index (χ3v) is 7.19. The zero-order valence-electron chi connectivity index (χ0n) is 18.0. The van der Waals surface area contributed by atoms with Gasteiger partial charge in [-0.15, -0.1) is 0 Å². The fourth-order valence-electron chi connectivity index (χ4n) is 3.33. The molecule has 2 aromatic carbocycles. The molecule has 6 heteroatoms. The first-order valence-corrected chi connectivity index (χ1v) is 11.7. The molecular formula is C23H32N2O3S. The molecule has 0 saturated heterocycles. The largest absolute Gasteiger partial charge is 0.345 e. The molecule has 1 amide bonds. The molecule has 2 aromatic rings. The first-order chi connectivity index (χ1) is 13.7. The lowest BCUT2D eigenvalue weighted by molar-refractivity contribution is 0.0925. The predicted octanol–water partition coefficient (Wildman–Crippen LogP) is 4.41. The molecule has 0 radical (unpaired) electrons. The van der Waals surface area contributed by atoms with E-state index in [1.54, 1.807) is 26.0 Å². The Balaban J connectivity index is 2.29. The molecule has 0 aliphatic heterocycles. The second-order valence-electron chi connectivity index (χ2n) is 7.41. The molecule has 0 bridgehead atoms. The molecule has 0 fully saturated rings. The summed E-state index contributed by atoms with van der Waals surface area (Å²) < 4.78 is 26.9. The minimum atomic E-state index is -3.61. The first kappa shape index (κ1) is 23.1. The van der Waals surface area contributed by atoms with E-state index in [0.29, 0.717) is 18.7 Å². The van der Waals surface area contributed by atoms with Crippen molar-refractivity contribution >= 4 is 15.9 Å². The van der Waals surface area contributed by atoms with E-state index in [2.05, 4.69) is 38.2 Å². The van der Waals surface area contributed by atoms with Crippen LogP contribution in [0.5, 0.6) is 0 Å². The Labute approximate surface area is 175 Å². The molecule has 29 heavy (non-hydrogen) atoms. The number of aryl methyl sites for hydroxylation is 1. The van der Waals surface area contributed by atoms with E-state index in [1.165, 1.54) is 22.0 Å². The van der Waals surface area contributed by atoms with Crippen LogP contribution in [0.4, 0.5) is 0 Å².